The van der Waals surface area contributed by atoms with Crippen molar-refractivity contribution in [2.45, 2.75) is 30.3 Å². The van der Waals surface area contributed by atoms with Crippen LogP contribution in [0.5, 0.6) is 0 Å². The van der Waals surface area contributed by atoms with E-state index in [2.05, 4.69) is 4.72 Å². The van der Waals surface area contributed by atoms with Gasteiger partial charge in [0.05, 0.1) is 23.2 Å². The molecule has 0 heterocycles. The van der Waals surface area contributed by atoms with Crippen LogP contribution in [0.15, 0.2) is 41.3 Å². The van der Waals surface area contributed by atoms with E-state index in [-0.39, 0.29) is 23.1 Å². The summed E-state index contributed by atoms with van der Waals surface area (Å²) in [6.07, 6.45) is 3.46. The van der Waals surface area contributed by atoms with E-state index in [1.54, 1.807) is 24.3 Å². The number of carbonyl (C=O) groups is 1. The van der Waals surface area contributed by atoms with Crippen LogP contribution in [-0.2, 0) is 14.8 Å². The molecule has 24 heavy (non-hydrogen) atoms. The molecular formula is C17H19NO5S. The second kappa shape index (κ2) is 6.88. The lowest BCUT2D eigenvalue weighted by Gasteiger charge is -2.25. The number of sulfonamides is 1. The Labute approximate surface area is 140 Å². The molecule has 1 aliphatic carbocycles. The first-order valence-electron chi connectivity index (χ1n) is 7.85. The number of hydrogen-bond donors (Lipinski definition) is 2. The summed E-state index contributed by atoms with van der Waals surface area (Å²) >= 11 is 0. The molecule has 0 amide bonds. The summed E-state index contributed by atoms with van der Waals surface area (Å²) in [7, 11) is -3.79. The molecule has 0 unspecified atom stereocenters. The lowest BCUT2D eigenvalue weighted by atomic mass is 9.96. The fourth-order valence-corrected chi connectivity index (χ4v) is 3.71. The van der Waals surface area contributed by atoms with E-state index in [1.165, 1.54) is 12.1 Å². The van der Waals surface area contributed by atoms with Crippen LogP contribution in [0, 0.1) is 0 Å². The number of carboxylic acids is 1. The number of aromatic carboxylic acids is 1. The van der Waals surface area contributed by atoms with Gasteiger partial charge in [0.25, 0.3) is 0 Å². The Bertz CT molecular complexity index is 858. The van der Waals surface area contributed by atoms with Gasteiger partial charge in [0.15, 0.2) is 0 Å². The molecule has 2 aromatic carbocycles. The van der Waals surface area contributed by atoms with Crippen molar-refractivity contribution in [2.24, 2.45) is 0 Å². The maximum atomic E-state index is 12.4. The minimum atomic E-state index is -3.79. The molecule has 0 bridgehead atoms. The highest BCUT2D eigenvalue weighted by Crippen LogP contribution is 2.24. The largest absolute Gasteiger partial charge is 0.478 e. The number of nitrogens with one attached hydrogen (secondary N) is 1. The highest BCUT2D eigenvalue weighted by molar-refractivity contribution is 7.89. The summed E-state index contributed by atoms with van der Waals surface area (Å²) in [5.41, 5.74) is -0.0285. The molecule has 2 aromatic rings. The van der Waals surface area contributed by atoms with Gasteiger partial charge in [-0.1, -0.05) is 24.3 Å². The predicted molar refractivity (Wildman–Crippen MR) is 89.7 cm³/mol. The van der Waals surface area contributed by atoms with Crippen LogP contribution >= 0.6 is 0 Å². The second-order valence-corrected chi connectivity index (χ2v) is 7.59. The average molecular weight is 349 g/mol. The van der Waals surface area contributed by atoms with Crippen molar-refractivity contribution in [3.8, 4) is 0 Å². The zero-order valence-electron chi connectivity index (χ0n) is 13.1. The van der Waals surface area contributed by atoms with E-state index in [1.807, 2.05) is 0 Å². The average Bonchev–Trinajstić information content (AvgIpc) is 2.51. The third-order valence-electron chi connectivity index (χ3n) is 4.18. The Morgan fingerprint density at radius 2 is 2.00 bits per heavy atom. The molecular weight excluding hydrogens is 330 g/mol. The van der Waals surface area contributed by atoms with Crippen LogP contribution in [0.25, 0.3) is 10.8 Å². The van der Waals surface area contributed by atoms with Gasteiger partial charge >= 0.3 is 5.97 Å². The monoisotopic (exact) mass is 349 g/mol. The molecule has 0 saturated heterocycles. The Morgan fingerprint density at radius 1 is 1.25 bits per heavy atom. The first kappa shape index (κ1) is 16.9. The minimum Gasteiger partial charge on any atom is -0.478 e. The Balaban J connectivity index is 1.80. The maximum absolute atomic E-state index is 12.4. The predicted octanol–water partition coefficient (Wildman–Crippen LogP) is 2.39. The van der Waals surface area contributed by atoms with Crippen molar-refractivity contribution in [3.63, 3.8) is 0 Å². The molecule has 0 radical (unpaired) electrons. The molecule has 0 aliphatic heterocycles. The molecule has 6 nitrogen and oxygen atoms in total. The first-order chi connectivity index (χ1) is 11.5. The molecule has 0 aromatic heterocycles. The summed E-state index contributed by atoms with van der Waals surface area (Å²) in [6.45, 7) is 0.470. The van der Waals surface area contributed by atoms with Crippen LogP contribution in [0.2, 0.25) is 0 Å². The third-order valence-corrected chi connectivity index (χ3v) is 5.62. The summed E-state index contributed by atoms with van der Waals surface area (Å²) < 4.78 is 32.8. The molecule has 1 fully saturated rings. The molecule has 1 aliphatic rings. The topological polar surface area (TPSA) is 92.7 Å². The van der Waals surface area contributed by atoms with Crippen LogP contribution < -0.4 is 4.72 Å². The molecule has 7 heteroatoms. The Kier molecular flexibility index (Phi) is 4.84. The van der Waals surface area contributed by atoms with E-state index in [0.717, 1.165) is 19.3 Å². The molecule has 1 saturated carbocycles. The molecule has 2 N–H and O–H groups in total. The van der Waals surface area contributed by atoms with Gasteiger partial charge in [-0.3, -0.25) is 0 Å². The van der Waals surface area contributed by atoms with E-state index in [9.17, 15) is 18.3 Å². The second-order valence-electron chi connectivity index (χ2n) is 5.82. The van der Waals surface area contributed by atoms with Crippen molar-refractivity contribution >= 4 is 26.8 Å². The number of fused-ring (bicyclic) bond motifs is 1. The van der Waals surface area contributed by atoms with Gasteiger partial charge in [0.1, 0.15) is 0 Å². The summed E-state index contributed by atoms with van der Waals surface area (Å²) in [4.78, 5) is 11.4. The highest BCUT2D eigenvalue weighted by atomic mass is 32.2. The number of carboxylic acid groups (broad SMARTS) is 1. The van der Waals surface area contributed by atoms with Crippen molar-refractivity contribution < 1.29 is 23.1 Å². The van der Waals surface area contributed by atoms with Crippen LogP contribution in [0.3, 0.4) is 0 Å². The number of benzene rings is 2. The van der Waals surface area contributed by atoms with Gasteiger partial charge in [-0.05, 0) is 42.2 Å². The van der Waals surface area contributed by atoms with Crippen molar-refractivity contribution in [3.05, 3.63) is 42.0 Å². The molecule has 128 valence electrons. The zero-order chi connectivity index (χ0) is 17.2. The van der Waals surface area contributed by atoms with Crippen LogP contribution in [-0.4, -0.2) is 38.7 Å². The maximum Gasteiger partial charge on any atom is 0.336 e. The first-order valence-corrected chi connectivity index (χ1v) is 9.33. The zero-order valence-corrected chi connectivity index (χ0v) is 13.9. The van der Waals surface area contributed by atoms with Gasteiger partial charge in [0.2, 0.25) is 10.0 Å². The number of ether oxygens (including phenoxy) is 1. The highest BCUT2D eigenvalue weighted by Gasteiger charge is 2.20. The van der Waals surface area contributed by atoms with Gasteiger partial charge in [-0.15, -0.1) is 0 Å². The van der Waals surface area contributed by atoms with E-state index < -0.39 is 16.0 Å². The van der Waals surface area contributed by atoms with Crippen molar-refractivity contribution in [1.82, 2.24) is 4.72 Å². The standard InChI is InChI=1S/C17H19NO5S/c19-17(20)16-11-14(10-12-4-1-2-7-15(12)16)24(21,22)18-8-9-23-13-5-3-6-13/h1-2,4,7,10-11,13,18H,3,5-6,8-9H2,(H,19,20). The van der Waals surface area contributed by atoms with Crippen molar-refractivity contribution in [1.29, 1.82) is 0 Å². The lowest BCUT2D eigenvalue weighted by molar-refractivity contribution is 0.00578. The minimum absolute atomic E-state index is 0.0285. The van der Waals surface area contributed by atoms with Crippen molar-refractivity contribution in [2.75, 3.05) is 13.2 Å². The van der Waals surface area contributed by atoms with Gasteiger partial charge in [-0.2, -0.15) is 0 Å². The van der Waals surface area contributed by atoms with Gasteiger partial charge < -0.3 is 9.84 Å². The fraction of sp³-hybridized carbons (Fsp3) is 0.353. The molecule has 3 rings (SSSR count). The third kappa shape index (κ3) is 3.58. The van der Waals surface area contributed by atoms with E-state index >= 15 is 0 Å². The summed E-state index contributed by atoms with van der Waals surface area (Å²) in [6, 6.07) is 9.50. The van der Waals surface area contributed by atoms with Gasteiger partial charge in [0, 0.05) is 6.54 Å². The Morgan fingerprint density at radius 3 is 2.67 bits per heavy atom. The number of hydrogen-bond acceptors (Lipinski definition) is 4. The van der Waals surface area contributed by atoms with Crippen LogP contribution in [0.1, 0.15) is 29.6 Å². The quantitative estimate of drug-likeness (QED) is 0.749. The fourth-order valence-electron chi connectivity index (χ4n) is 2.64. The molecule has 0 spiro atoms. The van der Waals surface area contributed by atoms with E-state index in [4.69, 9.17) is 4.74 Å². The normalized spacial score (nSPS) is 15.3. The summed E-state index contributed by atoms with van der Waals surface area (Å²) in [5, 5.41) is 10.4. The lowest BCUT2D eigenvalue weighted by Crippen LogP contribution is -2.30. The Hall–Kier alpha value is -1.96. The smallest absolute Gasteiger partial charge is 0.336 e. The SMILES string of the molecule is O=C(O)c1cc(S(=O)(=O)NCCOC2CCC2)cc2ccccc12. The van der Waals surface area contributed by atoms with E-state index in [0.29, 0.717) is 17.4 Å². The number of rotatable bonds is 7. The molecule has 0 atom stereocenters. The van der Waals surface area contributed by atoms with Gasteiger partial charge in [-0.25, -0.2) is 17.9 Å². The van der Waals surface area contributed by atoms with Crippen LogP contribution in [0.4, 0.5) is 0 Å². The summed E-state index contributed by atoms with van der Waals surface area (Å²) in [5.74, 6) is -1.16.